The lowest BCUT2D eigenvalue weighted by Gasteiger charge is -2.21. The Morgan fingerprint density at radius 2 is 1.85 bits per heavy atom. The number of aromatic amines is 1. The number of rotatable bonds is 7. The van der Waals surface area contributed by atoms with Crippen molar-refractivity contribution >= 4 is 55.6 Å². The summed E-state index contributed by atoms with van der Waals surface area (Å²) in [6.07, 6.45) is -1.12. The molecule has 2 aromatic heterocycles. The van der Waals surface area contributed by atoms with Gasteiger partial charge in [-0.2, -0.15) is 4.98 Å². The van der Waals surface area contributed by atoms with E-state index in [0.29, 0.717) is 0 Å². The van der Waals surface area contributed by atoms with Gasteiger partial charge in [0.1, 0.15) is 18.3 Å². The summed E-state index contributed by atoms with van der Waals surface area (Å²) in [4.78, 5) is 28.2. The Kier molecular flexibility index (Phi) is 5.82. The van der Waals surface area contributed by atoms with Crippen molar-refractivity contribution in [2.24, 2.45) is 5.16 Å². The van der Waals surface area contributed by atoms with Crippen molar-refractivity contribution < 1.29 is 24.5 Å². The first kappa shape index (κ1) is 24.4. The highest BCUT2D eigenvalue weighted by Crippen LogP contribution is 2.36. The van der Waals surface area contributed by atoms with E-state index in [1.165, 1.54) is 32.4 Å². The van der Waals surface area contributed by atoms with E-state index >= 15 is 0 Å². The van der Waals surface area contributed by atoms with Crippen LogP contribution in [0.3, 0.4) is 0 Å². The molecule has 0 amide bonds. The van der Waals surface area contributed by atoms with Gasteiger partial charge < -0.3 is 30.3 Å². The fraction of sp³-hybridized carbons (Fsp3) is 0.214. The summed E-state index contributed by atoms with van der Waals surface area (Å²) in [6, 6.07) is 18.7. The van der Waals surface area contributed by atoms with Gasteiger partial charge in [-0.1, -0.05) is 59.8 Å². The molecule has 4 aromatic carbocycles. The van der Waals surface area contributed by atoms with Crippen molar-refractivity contribution in [2.75, 3.05) is 19.1 Å². The number of nitrogens with one attached hydrogen (secondary N) is 1. The van der Waals surface area contributed by atoms with E-state index in [4.69, 9.17) is 20.0 Å². The zero-order valence-corrected chi connectivity index (χ0v) is 21.0. The second-order valence-corrected chi connectivity index (χ2v) is 9.64. The van der Waals surface area contributed by atoms with Crippen LogP contribution in [0.5, 0.6) is 0 Å². The van der Waals surface area contributed by atoms with Crippen LogP contribution >= 0.6 is 0 Å². The van der Waals surface area contributed by atoms with Crippen molar-refractivity contribution in [1.82, 2.24) is 19.5 Å². The summed E-state index contributed by atoms with van der Waals surface area (Å²) in [7, 11) is 0. The molecule has 0 unspecified atom stereocenters. The van der Waals surface area contributed by atoms with Crippen LogP contribution in [0.15, 0.2) is 70.9 Å². The maximum atomic E-state index is 12.2. The number of benzene rings is 4. The van der Waals surface area contributed by atoms with Crippen LogP contribution in [0.4, 0.5) is 5.95 Å². The van der Waals surface area contributed by atoms with E-state index in [1.807, 2.05) is 6.07 Å². The first-order valence-electron chi connectivity index (χ1n) is 12.6. The minimum Gasteiger partial charge on any atom is -0.394 e. The number of hydrogen-bond acceptors (Lipinski definition) is 10. The van der Waals surface area contributed by atoms with Gasteiger partial charge in [-0.05, 0) is 32.3 Å². The van der Waals surface area contributed by atoms with Crippen LogP contribution in [0.1, 0.15) is 11.8 Å². The minimum absolute atomic E-state index is 0.0487. The number of aliphatic hydroxyl groups excluding tert-OH is 2. The quantitative estimate of drug-likeness (QED) is 0.0779. The number of aromatic nitrogens is 4. The third kappa shape index (κ3) is 3.85. The molecule has 1 fully saturated rings. The van der Waals surface area contributed by atoms with Gasteiger partial charge in [0.05, 0.1) is 19.1 Å². The van der Waals surface area contributed by atoms with E-state index in [-0.39, 0.29) is 23.9 Å². The van der Waals surface area contributed by atoms with Gasteiger partial charge in [0.25, 0.3) is 5.56 Å². The number of ether oxygens (including phenoxy) is 2. The molecule has 0 radical (unpaired) electrons. The third-order valence-corrected chi connectivity index (χ3v) is 7.36. The van der Waals surface area contributed by atoms with Crippen LogP contribution in [-0.4, -0.2) is 67.7 Å². The number of nitrogen functional groups attached to an aromatic ring is 1. The summed E-state index contributed by atoms with van der Waals surface area (Å²) < 4.78 is 13.0. The Balaban J connectivity index is 1.11. The normalized spacial score (nSPS) is 21.6. The molecule has 1 saturated heterocycles. The molecule has 7 rings (SSSR count). The van der Waals surface area contributed by atoms with Crippen LogP contribution in [0, 0.1) is 0 Å². The number of nitrogens with zero attached hydrogens (tertiary/aromatic N) is 4. The lowest BCUT2D eigenvalue weighted by molar-refractivity contribution is -0.137. The SMILES string of the molecule is Nc1nc2c(ncn2[C@@H]2O[C@H](CO)[C@@H](O)[C@H]2OCON=Cc2ccc3ccc4cccc5ccc2c3c45)c(=O)[nH]1. The van der Waals surface area contributed by atoms with E-state index in [9.17, 15) is 15.0 Å². The Bertz CT molecular complexity index is 1940. The Morgan fingerprint density at radius 1 is 1.10 bits per heavy atom. The van der Waals surface area contributed by atoms with Gasteiger partial charge in [0.2, 0.25) is 12.7 Å². The summed E-state index contributed by atoms with van der Waals surface area (Å²) in [5.41, 5.74) is 6.27. The van der Waals surface area contributed by atoms with E-state index < -0.39 is 36.7 Å². The predicted octanol–water partition coefficient (Wildman–Crippen LogP) is 2.24. The third-order valence-electron chi connectivity index (χ3n) is 7.36. The fourth-order valence-corrected chi connectivity index (χ4v) is 5.51. The van der Waals surface area contributed by atoms with Crippen molar-refractivity contribution in [3.05, 3.63) is 76.8 Å². The number of oxime groups is 1. The zero-order valence-electron chi connectivity index (χ0n) is 21.0. The van der Waals surface area contributed by atoms with Crippen molar-refractivity contribution in [3.63, 3.8) is 0 Å². The zero-order chi connectivity index (χ0) is 27.4. The molecule has 0 bridgehead atoms. The second-order valence-electron chi connectivity index (χ2n) is 9.64. The molecule has 1 aliphatic rings. The van der Waals surface area contributed by atoms with Gasteiger partial charge in [-0.15, -0.1) is 0 Å². The number of nitrogens with two attached hydrogens (primary N) is 1. The molecule has 12 nitrogen and oxygen atoms in total. The van der Waals surface area contributed by atoms with Crippen molar-refractivity contribution in [2.45, 2.75) is 24.5 Å². The van der Waals surface area contributed by atoms with Gasteiger partial charge >= 0.3 is 0 Å². The Hall–Kier alpha value is -4.62. The molecule has 4 atom stereocenters. The predicted molar refractivity (Wildman–Crippen MR) is 148 cm³/mol. The largest absolute Gasteiger partial charge is 0.394 e. The van der Waals surface area contributed by atoms with Gasteiger partial charge in [-0.25, -0.2) is 4.98 Å². The Labute approximate surface area is 225 Å². The fourth-order valence-electron chi connectivity index (χ4n) is 5.51. The molecular formula is C28H24N6O6. The lowest BCUT2D eigenvalue weighted by atomic mass is 9.92. The maximum Gasteiger partial charge on any atom is 0.280 e. The monoisotopic (exact) mass is 540 g/mol. The van der Waals surface area contributed by atoms with E-state index in [2.05, 4.69) is 68.6 Å². The van der Waals surface area contributed by atoms with Crippen LogP contribution < -0.4 is 11.3 Å². The molecule has 12 heteroatoms. The molecule has 0 aliphatic carbocycles. The first-order valence-corrected chi connectivity index (χ1v) is 12.6. The molecule has 5 N–H and O–H groups in total. The number of anilines is 1. The van der Waals surface area contributed by atoms with E-state index in [0.717, 1.165) is 16.3 Å². The number of fused-ring (bicyclic) bond motifs is 1. The molecule has 202 valence electrons. The maximum absolute atomic E-state index is 12.2. The summed E-state index contributed by atoms with van der Waals surface area (Å²) in [6.45, 7) is -0.765. The minimum atomic E-state index is -1.20. The second kappa shape index (κ2) is 9.54. The molecule has 6 aromatic rings. The average Bonchev–Trinajstić information content (AvgIpc) is 3.52. The molecule has 0 saturated carbocycles. The summed E-state index contributed by atoms with van der Waals surface area (Å²) in [5.74, 6) is -0.0987. The molecule has 1 aliphatic heterocycles. The summed E-state index contributed by atoms with van der Waals surface area (Å²) in [5, 5.41) is 31.4. The topological polar surface area (TPSA) is 170 Å². The Morgan fingerprint density at radius 3 is 2.65 bits per heavy atom. The van der Waals surface area contributed by atoms with Crippen LogP contribution in [-0.2, 0) is 14.3 Å². The molecule has 0 spiro atoms. The average molecular weight is 541 g/mol. The molecular weight excluding hydrogens is 516 g/mol. The van der Waals surface area contributed by atoms with Gasteiger partial charge in [0, 0.05) is 5.56 Å². The molecule has 40 heavy (non-hydrogen) atoms. The highest BCUT2D eigenvalue weighted by atomic mass is 16.8. The van der Waals surface area contributed by atoms with E-state index in [1.54, 1.807) is 6.21 Å². The van der Waals surface area contributed by atoms with Gasteiger partial charge in [-0.3, -0.25) is 14.3 Å². The lowest BCUT2D eigenvalue weighted by Crippen LogP contribution is -2.36. The van der Waals surface area contributed by atoms with Gasteiger partial charge in [0.15, 0.2) is 17.4 Å². The number of imidazole rings is 1. The van der Waals surface area contributed by atoms with Crippen LogP contribution in [0.25, 0.3) is 43.5 Å². The van der Waals surface area contributed by atoms with Crippen molar-refractivity contribution in [3.8, 4) is 0 Å². The van der Waals surface area contributed by atoms with Crippen molar-refractivity contribution in [1.29, 1.82) is 0 Å². The number of aliphatic hydroxyl groups is 2. The standard InChI is InChI=1S/C28H24N6O6/c29-28-32-25-22(26(37)33-28)30-12-34(25)27-24(23(36)19(11-35)40-27)38-13-39-31-10-17-7-6-16-5-4-14-2-1-3-15-8-9-18(17)21(16)20(14)15/h1-10,12,19,23-24,27,35-36H,11,13H2,(H3,29,32,33,37)/t19-,23-,24-,27-/m1/s1. The number of H-pyrrole nitrogens is 1. The summed E-state index contributed by atoms with van der Waals surface area (Å²) >= 11 is 0. The highest BCUT2D eigenvalue weighted by molar-refractivity contribution is 6.25. The number of hydrogen-bond donors (Lipinski definition) is 4. The smallest absolute Gasteiger partial charge is 0.280 e. The first-order chi connectivity index (χ1) is 19.5. The molecule has 3 heterocycles. The highest BCUT2D eigenvalue weighted by Gasteiger charge is 2.46. The van der Waals surface area contributed by atoms with Crippen LogP contribution in [0.2, 0.25) is 0 Å².